The zero-order valence-electron chi connectivity index (χ0n) is 12.0. The van der Waals surface area contributed by atoms with Crippen LogP contribution in [0.1, 0.15) is 24.4 Å². The number of rotatable bonds is 5. The van der Waals surface area contributed by atoms with Gasteiger partial charge >= 0.3 is 0 Å². The van der Waals surface area contributed by atoms with Gasteiger partial charge in [-0.3, -0.25) is 0 Å². The molecule has 0 radical (unpaired) electrons. The maximum Gasteiger partial charge on any atom is 0.246 e. The van der Waals surface area contributed by atoms with Gasteiger partial charge in [-0.2, -0.15) is 4.31 Å². The molecule has 0 spiro atoms. The van der Waals surface area contributed by atoms with Gasteiger partial charge in [-0.15, -0.1) is 0 Å². The monoisotopic (exact) mass is 302 g/mol. The molecule has 1 aliphatic rings. The van der Waals surface area contributed by atoms with E-state index in [-0.39, 0.29) is 17.4 Å². The summed E-state index contributed by atoms with van der Waals surface area (Å²) in [6.45, 7) is 3.49. The van der Waals surface area contributed by atoms with Crippen LogP contribution in [0.15, 0.2) is 15.4 Å². The van der Waals surface area contributed by atoms with Crippen LogP contribution < -0.4 is 5.73 Å². The normalized spacial score (nSPS) is 21.2. The first kappa shape index (κ1) is 15.5. The van der Waals surface area contributed by atoms with Gasteiger partial charge in [-0.1, -0.05) is 0 Å². The fourth-order valence-electron chi connectivity index (χ4n) is 2.64. The third kappa shape index (κ3) is 3.06. The van der Waals surface area contributed by atoms with E-state index < -0.39 is 10.0 Å². The Morgan fingerprint density at radius 1 is 1.55 bits per heavy atom. The standard InChI is InChI=1S/C13H22N2O4S/c1-10-13(6-12(7-14)19-10)20(16,17)15-5-3-4-11(8-15)9-18-2/h6,11H,3-5,7-9,14H2,1-2H3. The highest BCUT2D eigenvalue weighted by Gasteiger charge is 2.32. The third-order valence-corrected chi connectivity index (χ3v) is 5.60. The smallest absolute Gasteiger partial charge is 0.246 e. The molecule has 0 bridgehead atoms. The Kier molecular flexibility index (Phi) is 4.85. The summed E-state index contributed by atoms with van der Waals surface area (Å²) in [5, 5.41) is 0. The first-order valence-electron chi connectivity index (χ1n) is 6.77. The maximum atomic E-state index is 12.7. The molecular weight excluding hydrogens is 280 g/mol. The highest BCUT2D eigenvalue weighted by atomic mass is 32.2. The third-order valence-electron chi connectivity index (χ3n) is 3.63. The van der Waals surface area contributed by atoms with Crippen molar-refractivity contribution < 1.29 is 17.6 Å². The lowest BCUT2D eigenvalue weighted by molar-refractivity contribution is 0.118. The molecule has 6 nitrogen and oxygen atoms in total. The van der Waals surface area contributed by atoms with Crippen molar-refractivity contribution in [3.8, 4) is 0 Å². The largest absolute Gasteiger partial charge is 0.464 e. The number of nitrogens with two attached hydrogens (primary N) is 1. The van der Waals surface area contributed by atoms with Crippen LogP contribution in [0.25, 0.3) is 0 Å². The summed E-state index contributed by atoms with van der Waals surface area (Å²) >= 11 is 0. The summed E-state index contributed by atoms with van der Waals surface area (Å²) in [7, 11) is -1.86. The van der Waals surface area contributed by atoms with Crippen molar-refractivity contribution >= 4 is 10.0 Å². The summed E-state index contributed by atoms with van der Waals surface area (Å²) in [6.07, 6.45) is 1.85. The second-order valence-electron chi connectivity index (χ2n) is 5.16. The van der Waals surface area contributed by atoms with Crippen LogP contribution in [-0.4, -0.2) is 39.5 Å². The number of aryl methyl sites for hydroxylation is 1. The van der Waals surface area contributed by atoms with E-state index >= 15 is 0 Å². The lowest BCUT2D eigenvalue weighted by atomic mass is 10.0. The molecule has 2 heterocycles. The molecule has 1 unspecified atom stereocenters. The minimum absolute atomic E-state index is 0.197. The number of hydrogen-bond donors (Lipinski definition) is 1. The van der Waals surface area contributed by atoms with Crippen molar-refractivity contribution in [2.75, 3.05) is 26.8 Å². The van der Waals surface area contributed by atoms with E-state index in [0.29, 0.717) is 31.2 Å². The van der Waals surface area contributed by atoms with E-state index in [1.165, 1.54) is 10.4 Å². The van der Waals surface area contributed by atoms with Crippen LogP contribution in [0, 0.1) is 12.8 Å². The van der Waals surface area contributed by atoms with E-state index in [4.69, 9.17) is 14.9 Å². The Labute approximate surface area is 119 Å². The minimum atomic E-state index is -3.50. The van der Waals surface area contributed by atoms with Crippen molar-refractivity contribution in [3.05, 3.63) is 17.6 Å². The van der Waals surface area contributed by atoms with E-state index in [0.717, 1.165) is 12.8 Å². The number of sulfonamides is 1. The topological polar surface area (TPSA) is 85.8 Å². The van der Waals surface area contributed by atoms with Gasteiger partial charge in [0, 0.05) is 26.3 Å². The number of piperidine rings is 1. The molecule has 20 heavy (non-hydrogen) atoms. The van der Waals surface area contributed by atoms with Crippen molar-refractivity contribution in [2.24, 2.45) is 11.7 Å². The van der Waals surface area contributed by atoms with Crippen LogP contribution in [0.4, 0.5) is 0 Å². The molecule has 7 heteroatoms. The highest BCUT2D eigenvalue weighted by Crippen LogP contribution is 2.27. The molecule has 0 amide bonds. The van der Waals surface area contributed by atoms with Gasteiger partial charge in [-0.25, -0.2) is 8.42 Å². The molecule has 0 aromatic carbocycles. The number of nitrogens with zero attached hydrogens (tertiary/aromatic N) is 1. The lowest BCUT2D eigenvalue weighted by Crippen LogP contribution is -2.41. The quantitative estimate of drug-likeness (QED) is 0.880. The van der Waals surface area contributed by atoms with Crippen molar-refractivity contribution in [2.45, 2.75) is 31.2 Å². The van der Waals surface area contributed by atoms with Crippen LogP contribution in [0.2, 0.25) is 0 Å². The Morgan fingerprint density at radius 2 is 2.30 bits per heavy atom. The van der Waals surface area contributed by atoms with Crippen molar-refractivity contribution in [1.29, 1.82) is 0 Å². The zero-order chi connectivity index (χ0) is 14.8. The molecule has 0 saturated carbocycles. The van der Waals surface area contributed by atoms with Gasteiger partial charge in [0.05, 0.1) is 13.2 Å². The molecular formula is C13H22N2O4S. The summed E-state index contributed by atoms with van der Waals surface area (Å²) in [5.74, 6) is 1.15. The first-order chi connectivity index (χ1) is 9.48. The number of methoxy groups -OCH3 is 1. The van der Waals surface area contributed by atoms with Gasteiger partial charge in [0.1, 0.15) is 16.4 Å². The number of ether oxygens (including phenoxy) is 1. The van der Waals surface area contributed by atoms with Crippen LogP contribution in [0.3, 0.4) is 0 Å². The molecule has 1 fully saturated rings. The minimum Gasteiger partial charge on any atom is -0.464 e. The summed E-state index contributed by atoms with van der Waals surface area (Å²) < 4.78 is 37.4. The maximum absolute atomic E-state index is 12.7. The Balaban J connectivity index is 2.22. The fourth-order valence-corrected chi connectivity index (χ4v) is 4.38. The Hall–Kier alpha value is -0.890. The summed E-state index contributed by atoms with van der Waals surface area (Å²) in [5.41, 5.74) is 5.50. The summed E-state index contributed by atoms with van der Waals surface area (Å²) in [6, 6.07) is 1.53. The average molecular weight is 302 g/mol. The van der Waals surface area contributed by atoms with Gasteiger partial charge < -0.3 is 14.9 Å². The van der Waals surface area contributed by atoms with E-state index in [2.05, 4.69) is 0 Å². The molecule has 2 rings (SSSR count). The fraction of sp³-hybridized carbons (Fsp3) is 0.692. The van der Waals surface area contributed by atoms with E-state index in [1.54, 1.807) is 14.0 Å². The predicted molar refractivity (Wildman–Crippen MR) is 74.7 cm³/mol. The van der Waals surface area contributed by atoms with E-state index in [1.807, 2.05) is 0 Å². The second-order valence-corrected chi connectivity index (χ2v) is 7.07. The molecule has 2 N–H and O–H groups in total. The molecule has 114 valence electrons. The first-order valence-corrected chi connectivity index (χ1v) is 8.21. The Morgan fingerprint density at radius 3 is 2.90 bits per heavy atom. The lowest BCUT2D eigenvalue weighted by Gasteiger charge is -2.31. The molecule has 1 aromatic rings. The average Bonchev–Trinajstić information content (AvgIpc) is 2.81. The molecule has 0 aliphatic carbocycles. The van der Waals surface area contributed by atoms with Crippen molar-refractivity contribution in [1.82, 2.24) is 4.31 Å². The molecule has 1 saturated heterocycles. The predicted octanol–water partition coefficient (Wildman–Crippen LogP) is 1.09. The van der Waals surface area contributed by atoms with Crippen LogP contribution >= 0.6 is 0 Å². The van der Waals surface area contributed by atoms with Gasteiger partial charge in [0.15, 0.2) is 0 Å². The van der Waals surface area contributed by atoms with Crippen LogP contribution in [-0.2, 0) is 21.3 Å². The number of hydrogen-bond acceptors (Lipinski definition) is 5. The Bertz CT molecular complexity index is 551. The molecule has 1 aliphatic heterocycles. The molecule has 1 aromatic heterocycles. The highest BCUT2D eigenvalue weighted by molar-refractivity contribution is 7.89. The SMILES string of the molecule is COCC1CCCN(S(=O)(=O)c2cc(CN)oc2C)C1. The van der Waals surface area contributed by atoms with Crippen molar-refractivity contribution in [3.63, 3.8) is 0 Å². The van der Waals surface area contributed by atoms with Gasteiger partial charge in [0.25, 0.3) is 0 Å². The zero-order valence-corrected chi connectivity index (χ0v) is 12.8. The van der Waals surface area contributed by atoms with Crippen LogP contribution in [0.5, 0.6) is 0 Å². The summed E-state index contributed by atoms with van der Waals surface area (Å²) in [4.78, 5) is 0.232. The second kappa shape index (κ2) is 6.26. The van der Waals surface area contributed by atoms with Gasteiger partial charge in [-0.05, 0) is 25.7 Å². The van der Waals surface area contributed by atoms with E-state index in [9.17, 15) is 8.42 Å². The number of furan rings is 1. The van der Waals surface area contributed by atoms with Gasteiger partial charge in [0.2, 0.25) is 10.0 Å². The molecule has 1 atom stereocenters.